The van der Waals surface area contributed by atoms with Crippen LogP contribution in [0.1, 0.15) is 87.7 Å². The number of carbonyl (C=O) groups excluding carboxylic acids is 1. The van der Waals surface area contributed by atoms with Gasteiger partial charge in [-0.2, -0.15) is 0 Å². The van der Waals surface area contributed by atoms with Crippen LogP contribution in [0.4, 0.5) is 0 Å². The fourth-order valence-electron chi connectivity index (χ4n) is 7.10. The van der Waals surface area contributed by atoms with E-state index in [9.17, 15) is 23.1 Å². The molecule has 5 rings (SSSR count). The normalized spacial score (nSPS) is 29.2. The SMILES string of the molecule is CCC1(CC(=O)O)CC(c2cccc(Cl)c2)C(CC(c2ccc(Cl)cc2)C2CC2NS(=O)(=O)C2CCCC2)NC1=O. The number of halogens is 2. The molecule has 0 bridgehead atoms. The minimum absolute atomic E-state index is 0.0378. The van der Waals surface area contributed by atoms with Gasteiger partial charge in [-0.25, -0.2) is 13.1 Å². The van der Waals surface area contributed by atoms with Crippen molar-refractivity contribution in [1.29, 1.82) is 0 Å². The van der Waals surface area contributed by atoms with Crippen molar-refractivity contribution in [2.24, 2.45) is 11.3 Å². The van der Waals surface area contributed by atoms with Gasteiger partial charge in [0.1, 0.15) is 0 Å². The van der Waals surface area contributed by atoms with Crippen molar-refractivity contribution in [2.45, 2.75) is 93.9 Å². The van der Waals surface area contributed by atoms with Gasteiger partial charge in [0.15, 0.2) is 0 Å². The Morgan fingerprint density at radius 1 is 1.12 bits per heavy atom. The van der Waals surface area contributed by atoms with Gasteiger partial charge in [-0.05, 0) is 85.8 Å². The van der Waals surface area contributed by atoms with Gasteiger partial charge in [0.05, 0.1) is 17.1 Å². The van der Waals surface area contributed by atoms with Crippen molar-refractivity contribution in [3.8, 4) is 0 Å². The molecule has 10 heteroatoms. The van der Waals surface area contributed by atoms with Gasteiger partial charge >= 0.3 is 5.97 Å². The summed E-state index contributed by atoms with van der Waals surface area (Å²) >= 11 is 12.6. The number of amides is 1. The van der Waals surface area contributed by atoms with Crippen LogP contribution in [-0.4, -0.2) is 42.7 Å². The second-order valence-electron chi connectivity index (χ2n) is 12.1. The van der Waals surface area contributed by atoms with Crippen molar-refractivity contribution >= 4 is 45.1 Å². The maximum atomic E-state index is 13.6. The molecule has 1 heterocycles. The minimum Gasteiger partial charge on any atom is -0.481 e. The van der Waals surface area contributed by atoms with Crippen LogP contribution in [0, 0.1) is 11.3 Å². The Balaban J connectivity index is 1.44. The highest BCUT2D eigenvalue weighted by Gasteiger charge is 2.51. The summed E-state index contributed by atoms with van der Waals surface area (Å²) in [6, 6.07) is 14.7. The van der Waals surface area contributed by atoms with Gasteiger partial charge in [0.2, 0.25) is 15.9 Å². The number of benzene rings is 2. The Morgan fingerprint density at radius 2 is 1.83 bits per heavy atom. The molecule has 6 atom stereocenters. The lowest BCUT2D eigenvalue weighted by Crippen LogP contribution is -2.55. The molecule has 3 fully saturated rings. The largest absolute Gasteiger partial charge is 0.481 e. The summed E-state index contributed by atoms with van der Waals surface area (Å²) < 4.78 is 29.2. The predicted octanol–water partition coefficient (Wildman–Crippen LogP) is 6.26. The second-order valence-corrected chi connectivity index (χ2v) is 15.0. The van der Waals surface area contributed by atoms with E-state index in [0.29, 0.717) is 42.1 Å². The number of hydrogen-bond donors (Lipinski definition) is 3. The molecule has 6 unspecified atom stereocenters. The zero-order chi connectivity index (χ0) is 29.4. The first kappa shape index (κ1) is 30.3. The van der Waals surface area contributed by atoms with Crippen molar-refractivity contribution in [1.82, 2.24) is 10.0 Å². The lowest BCUT2D eigenvalue weighted by molar-refractivity contribution is -0.148. The highest BCUT2D eigenvalue weighted by Crippen LogP contribution is 2.50. The summed E-state index contributed by atoms with van der Waals surface area (Å²) in [6.07, 6.45) is 5.15. The maximum Gasteiger partial charge on any atom is 0.304 e. The van der Waals surface area contributed by atoms with Crippen LogP contribution >= 0.6 is 23.2 Å². The molecule has 2 aromatic rings. The molecule has 2 saturated carbocycles. The second kappa shape index (κ2) is 12.2. The van der Waals surface area contributed by atoms with Crippen LogP contribution in [0.15, 0.2) is 48.5 Å². The Hall–Kier alpha value is -2.13. The van der Waals surface area contributed by atoms with E-state index in [2.05, 4.69) is 10.0 Å². The average molecular weight is 622 g/mol. The molecule has 1 saturated heterocycles. The van der Waals surface area contributed by atoms with E-state index in [1.165, 1.54) is 0 Å². The Labute approximate surface area is 252 Å². The number of sulfonamides is 1. The topological polar surface area (TPSA) is 113 Å². The van der Waals surface area contributed by atoms with E-state index in [-0.39, 0.29) is 47.4 Å². The van der Waals surface area contributed by atoms with Crippen molar-refractivity contribution in [3.05, 3.63) is 69.7 Å². The third-order valence-corrected chi connectivity index (χ3v) is 12.0. The molecule has 3 N–H and O–H groups in total. The van der Waals surface area contributed by atoms with E-state index >= 15 is 0 Å². The monoisotopic (exact) mass is 620 g/mol. The standard InChI is InChI=1S/C31H38Cl2N2O5S/c1-2-31(18-29(36)37)17-26(20-6-5-7-22(33)14-20)27(34-30(31)38)15-24(19-10-12-21(32)13-11-19)25-16-28(25)35-41(39,40)23-8-3-4-9-23/h5-7,10-14,23-28,35H,2-4,8-9,15-18H2,1H3,(H,34,38)(H,36,37). The van der Waals surface area contributed by atoms with Gasteiger partial charge in [0, 0.05) is 28.0 Å². The summed E-state index contributed by atoms with van der Waals surface area (Å²) in [5, 5.41) is 13.8. The summed E-state index contributed by atoms with van der Waals surface area (Å²) in [7, 11) is -3.39. The van der Waals surface area contributed by atoms with Crippen molar-refractivity contribution in [2.75, 3.05) is 0 Å². The molecule has 0 aromatic heterocycles. The molecular formula is C31H38Cl2N2O5S. The van der Waals surface area contributed by atoms with E-state index in [4.69, 9.17) is 23.2 Å². The molecule has 0 radical (unpaired) electrons. The summed E-state index contributed by atoms with van der Waals surface area (Å²) in [5.74, 6) is -1.37. The van der Waals surface area contributed by atoms with Gasteiger partial charge in [-0.1, -0.05) is 67.2 Å². The molecule has 0 spiro atoms. The smallest absolute Gasteiger partial charge is 0.304 e. The van der Waals surface area contributed by atoms with E-state index in [1.54, 1.807) is 6.07 Å². The zero-order valence-electron chi connectivity index (χ0n) is 23.2. The fourth-order valence-corrected chi connectivity index (χ4v) is 9.27. The lowest BCUT2D eigenvalue weighted by atomic mass is 9.65. The molecular weight excluding hydrogens is 583 g/mol. The summed E-state index contributed by atoms with van der Waals surface area (Å²) in [5.41, 5.74) is 0.971. The molecule has 222 valence electrons. The Bertz CT molecular complexity index is 1380. The highest BCUT2D eigenvalue weighted by atomic mass is 35.5. The quantitative estimate of drug-likeness (QED) is 0.274. The highest BCUT2D eigenvalue weighted by molar-refractivity contribution is 7.90. The van der Waals surface area contributed by atoms with Gasteiger partial charge < -0.3 is 10.4 Å². The number of carboxylic acids is 1. The van der Waals surface area contributed by atoms with Crippen LogP contribution in [0.3, 0.4) is 0 Å². The van der Waals surface area contributed by atoms with Crippen molar-refractivity contribution in [3.63, 3.8) is 0 Å². The first-order valence-corrected chi connectivity index (χ1v) is 16.9. The zero-order valence-corrected chi connectivity index (χ0v) is 25.5. The number of rotatable bonds is 11. The Morgan fingerprint density at radius 3 is 2.46 bits per heavy atom. The van der Waals surface area contributed by atoms with Crippen LogP contribution in [0.2, 0.25) is 10.0 Å². The number of nitrogens with one attached hydrogen (secondary N) is 2. The molecule has 41 heavy (non-hydrogen) atoms. The van der Waals surface area contributed by atoms with Crippen LogP contribution < -0.4 is 10.0 Å². The van der Waals surface area contributed by atoms with Gasteiger partial charge in [-0.3, -0.25) is 9.59 Å². The summed E-state index contributed by atoms with van der Waals surface area (Å²) in [6.45, 7) is 1.86. The Kier molecular flexibility index (Phi) is 9.05. The first-order chi connectivity index (χ1) is 19.5. The number of carbonyl (C=O) groups is 2. The number of hydrogen-bond acceptors (Lipinski definition) is 4. The van der Waals surface area contributed by atoms with E-state index < -0.39 is 21.4 Å². The minimum atomic E-state index is -3.39. The fraction of sp³-hybridized carbons (Fsp3) is 0.548. The predicted molar refractivity (Wildman–Crippen MR) is 161 cm³/mol. The average Bonchev–Trinajstić information content (AvgIpc) is 3.41. The molecule has 1 aliphatic heterocycles. The number of piperidine rings is 1. The van der Waals surface area contributed by atoms with Gasteiger partial charge in [0.25, 0.3) is 0 Å². The number of carboxylic acid groups (broad SMARTS) is 1. The van der Waals surface area contributed by atoms with E-state index in [0.717, 1.165) is 30.4 Å². The van der Waals surface area contributed by atoms with Gasteiger partial charge in [-0.15, -0.1) is 0 Å². The van der Waals surface area contributed by atoms with Crippen LogP contribution in [0.25, 0.3) is 0 Å². The molecule has 1 amide bonds. The third kappa shape index (κ3) is 6.76. The maximum absolute atomic E-state index is 13.6. The van der Waals surface area contributed by atoms with Crippen LogP contribution in [-0.2, 0) is 19.6 Å². The molecule has 3 aliphatic rings. The number of aliphatic carboxylic acids is 1. The van der Waals surface area contributed by atoms with Crippen molar-refractivity contribution < 1.29 is 23.1 Å². The van der Waals surface area contributed by atoms with Crippen LogP contribution in [0.5, 0.6) is 0 Å². The first-order valence-electron chi connectivity index (χ1n) is 14.6. The molecule has 2 aromatic carbocycles. The molecule has 2 aliphatic carbocycles. The molecule has 7 nitrogen and oxygen atoms in total. The third-order valence-electron chi connectivity index (χ3n) is 9.56. The lowest BCUT2D eigenvalue weighted by Gasteiger charge is -2.44. The summed E-state index contributed by atoms with van der Waals surface area (Å²) in [4.78, 5) is 25.4. The van der Waals surface area contributed by atoms with E-state index in [1.807, 2.05) is 49.4 Å².